The molecule has 0 aliphatic carbocycles. The first-order chi connectivity index (χ1) is 16.2. The number of anilines is 1. The number of fused-ring (bicyclic) bond motifs is 2. The number of benzene rings is 3. The zero-order chi connectivity index (χ0) is 24.1. The van der Waals surface area contributed by atoms with Gasteiger partial charge in [-0.1, -0.05) is 36.4 Å². The highest BCUT2D eigenvalue weighted by Gasteiger charge is 2.32. The Morgan fingerprint density at radius 2 is 1.94 bits per heavy atom. The topological polar surface area (TPSA) is 107 Å². The minimum atomic E-state index is -0.634. The van der Waals surface area contributed by atoms with Crippen LogP contribution in [0.1, 0.15) is 15.9 Å². The average molecular weight is 472 g/mol. The van der Waals surface area contributed by atoms with Crippen LogP contribution in [0.25, 0.3) is 33.2 Å². The highest BCUT2D eigenvalue weighted by Crippen LogP contribution is 2.40. The lowest BCUT2D eigenvalue weighted by molar-refractivity contribution is -0.114. The lowest BCUT2D eigenvalue weighted by atomic mass is 9.92. The quantitative estimate of drug-likeness (QED) is 0.337. The summed E-state index contributed by atoms with van der Waals surface area (Å²) in [5, 5.41) is 6.09. The second-order valence-electron chi connectivity index (χ2n) is 8.42. The van der Waals surface area contributed by atoms with Crippen LogP contribution in [0.5, 0.6) is 0 Å². The number of aromatic nitrogens is 2. The maximum atomic E-state index is 13.1. The lowest BCUT2D eigenvalue weighted by Crippen LogP contribution is -2.30. The van der Waals surface area contributed by atoms with E-state index in [1.165, 1.54) is 4.90 Å². The van der Waals surface area contributed by atoms with Crippen molar-refractivity contribution in [3.05, 3.63) is 83.0 Å². The van der Waals surface area contributed by atoms with Gasteiger partial charge < -0.3 is 16.4 Å². The molecule has 2 heterocycles. The molecule has 7 nitrogen and oxygen atoms in total. The van der Waals surface area contributed by atoms with Crippen LogP contribution < -0.4 is 11.5 Å². The molecule has 1 aliphatic heterocycles. The molecule has 0 spiro atoms. The van der Waals surface area contributed by atoms with Crippen molar-refractivity contribution in [1.29, 1.82) is 0 Å². The lowest BCUT2D eigenvalue weighted by Gasteiger charge is -2.16. The fourth-order valence-electron chi connectivity index (χ4n) is 4.51. The van der Waals surface area contributed by atoms with Gasteiger partial charge in [0.1, 0.15) is 0 Å². The van der Waals surface area contributed by atoms with Gasteiger partial charge in [-0.2, -0.15) is 5.10 Å². The minimum Gasteiger partial charge on any atom is -0.398 e. The van der Waals surface area contributed by atoms with Crippen molar-refractivity contribution < 1.29 is 9.59 Å². The van der Waals surface area contributed by atoms with E-state index in [4.69, 9.17) is 23.1 Å². The zero-order valence-electron chi connectivity index (χ0n) is 18.5. The van der Waals surface area contributed by atoms with Gasteiger partial charge in [-0.25, -0.2) is 0 Å². The number of carbonyl (C=O) groups is 2. The first kappa shape index (κ1) is 21.7. The van der Waals surface area contributed by atoms with E-state index >= 15 is 0 Å². The summed E-state index contributed by atoms with van der Waals surface area (Å²) in [6, 6.07) is 15.5. The predicted molar refractivity (Wildman–Crippen MR) is 134 cm³/mol. The molecule has 5 rings (SSSR count). The summed E-state index contributed by atoms with van der Waals surface area (Å²) >= 11 is 6.28. The molecule has 0 fully saturated rings. The van der Waals surface area contributed by atoms with Gasteiger partial charge in [0, 0.05) is 35.3 Å². The van der Waals surface area contributed by atoms with Crippen LogP contribution in [0.4, 0.5) is 5.69 Å². The van der Waals surface area contributed by atoms with Crippen molar-refractivity contribution in [1.82, 2.24) is 14.7 Å². The molecule has 1 aliphatic rings. The molecule has 3 aromatic carbocycles. The first-order valence-corrected chi connectivity index (χ1v) is 11.0. The molecule has 4 N–H and O–H groups in total. The third kappa shape index (κ3) is 3.50. The molecule has 170 valence electrons. The molecule has 2 amide bonds. The number of carbonyl (C=O) groups excluding carboxylic acids is 2. The normalized spacial score (nSPS) is 12.9. The maximum Gasteiger partial charge on any atom is 0.256 e. The number of amides is 2. The van der Waals surface area contributed by atoms with Crippen LogP contribution in [-0.2, 0) is 18.4 Å². The standard InChI is InChI=1S/C26H22ClN5O2/c1-14(25(29)33)12-32-13-21-18(6-7-22(28)24(21)26(32)34)16-9-19(15-4-3-5-17(27)8-15)20-11-30-31(2)23(20)10-16/h3-11H,1,12-13,28H2,2H3,(H2,29,33). The van der Waals surface area contributed by atoms with E-state index in [9.17, 15) is 9.59 Å². The number of hydrogen-bond donors (Lipinski definition) is 2. The van der Waals surface area contributed by atoms with Crippen molar-refractivity contribution in [3.8, 4) is 22.3 Å². The largest absolute Gasteiger partial charge is 0.398 e. The van der Waals surface area contributed by atoms with Gasteiger partial charge >= 0.3 is 0 Å². The Morgan fingerprint density at radius 1 is 1.15 bits per heavy atom. The van der Waals surface area contributed by atoms with Gasteiger partial charge in [0.05, 0.1) is 23.8 Å². The summed E-state index contributed by atoms with van der Waals surface area (Å²) in [6.07, 6.45) is 1.84. The Kier molecular flexibility index (Phi) is 5.14. The number of hydrogen-bond acceptors (Lipinski definition) is 4. The van der Waals surface area contributed by atoms with Gasteiger partial charge in [0.2, 0.25) is 5.91 Å². The third-order valence-corrected chi connectivity index (χ3v) is 6.47. The number of primary amides is 1. The predicted octanol–water partition coefficient (Wildman–Crippen LogP) is 4.14. The smallest absolute Gasteiger partial charge is 0.256 e. The zero-order valence-corrected chi connectivity index (χ0v) is 19.3. The number of nitrogen functional groups attached to an aromatic ring is 1. The van der Waals surface area contributed by atoms with Gasteiger partial charge in [-0.05, 0) is 58.1 Å². The molecule has 0 saturated carbocycles. The number of halogens is 1. The van der Waals surface area contributed by atoms with Crippen LogP contribution in [0.2, 0.25) is 5.02 Å². The van der Waals surface area contributed by atoms with Crippen molar-refractivity contribution in [3.63, 3.8) is 0 Å². The number of rotatable bonds is 5. The van der Waals surface area contributed by atoms with Gasteiger partial charge in [-0.3, -0.25) is 14.3 Å². The number of nitrogens with zero attached hydrogens (tertiary/aromatic N) is 3. The Morgan fingerprint density at radius 3 is 2.68 bits per heavy atom. The fraction of sp³-hybridized carbons (Fsp3) is 0.115. The molecule has 1 aromatic heterocycles. The van der Waals surface area contributed by atoms with Crippen molar-refractivity contribution in [2.45, 2.75) is 6.54 Å². The monoisotopic (exact) mass is 471 g/mol. The van der Waals surface area contributed by atoms with Gasteiger partial charge in [0.25, 0.3) is 5.91 Å². The number of nitrogens with two attached hydrogens (primary N) is 2. The van der Waals surface area contributed by atoms with Crippen molar-refractivity contribution in [2.24, 2.45) is 12.8 Å². The summed E-state index contributed by atoms with van der Waals surface area (Å²) in [4.78, 5) is 26.2. The van der Waals surface area contributed by atoms with E-state index in [0.717, 1.165) is 38.7 Å². The maximum absolute atomic E-state index is 13.1. The molecule has 34 heavy (non-hydrogen) atoms. The highest BCUT2D eigenvalue weighted by atomic mass is 35.5. The second kappa shape index (κ2) is 8.04. The van der Waals surface area contributed by atoms with Crippen LogP contribution in [0.3, 0.4) is 0 Å². The summed E-state index contributed by atoms with van der Waals surface area (Å²) in [6.45, 7) is 4.04. The van der Waals surface area contributed by atoms with Crippen LogP contribution >= 0.6 is 11.6 Å². The Labute approximate surface area is 201 Å². The van der Waals surface area contributed by atoms with E-state index in [1.807, 2.05) is 48.3 Å². The molecule has 8 heteroatoms. The molecule has 0 radical (unpaired) electrons. The summed E-state index contributed by atoms with van der Waals surface area (Å²) in [7, 11) is 1.89. The molecule has 0 saturated heterocycles. The Balaban J connectivity index is 1.68. The van der Waals surface area contributed by atoms with Gasteiger partial charge in [-0.15, -0.1) is 0 Å². The van der Waals surface area contributed by atoms with Crippen LogP contribution in [0.15, 0.2) is 66.9 Å². The molecule has 0 bridgehead atoms. The van der Waals surface area contributed by atoms with Gasteiger partial charge in [0.15, 0.2) is 0 Å². The van der Waals surface area contributed by atoms with Crippen LogP contribution in [0, 0.1) is 0 Å². The van der Waals surface area contributed by atoms with E-state index in [-0.39, 0.29) is 18.0 Å². The summed E-state index contributed by atoms with van der Waals surface area (Å²) < 4.78 is 1.82. The van der Waals surface area contributed by atoms with E-state index in [2.05, 4.69) is 23.8 Å². The molecular weight excluding hydrogens is 450 g/mol. The minimum absolute atomic E-state index is 0.0518. The summed E-state index contributed by atoms with van der Waals surface area (Å²) in [5.74, 6) is -0.877. The summed E-state index contributed by atoms with van der Waals surface area (Å²) in [5.41, 5.74) is 18.1. The Bertz CT molecular complexity index is 1520. The van der Waals surface area contributed by atoms with Crippen LogP contribution in [-0.4, -0.2) is 33.0 Å². The highest BCUT2D eigenvalue weighted by molar-refractivity contribution is 6.31. The third-order valence-electron chi connectivity index (χ3n) is 6.24. The fourth-order valence-corrected chi connectivity index (χ4v) is 4.70. The molecule has 4 aromatic rings. The molecule has 0 unspecified atom stereocenters. The van der Waals surface area contributed by atoms with Crippen molar-refractivity contribution >= 4 is 40.0 Å². The SMILES string of the molecule is C=C(CN1Cc2c(-c3cc(-c4cccc(Cl)c4)c4cnn(C)c4c3)ccc(N)c2C1=O)C(N)=O. The molecular formula is C26H22ClN5O2. The van der Waals surface area contributed by atoms with E-state index < -0.39 is 5.91 Å². The molecule has 0 atom stereocenters. The number of aryl methyl sites for hydroxylation is 1. The van der Waals surface area contributed by atoms with E-state index in [0.29, 0.717) is 22.8 Å². The average Bonchev–Trinajstić information content (AvgIpc) is 3.34. The van der Waals surface area contributed by atoms with E-state index in [1.54, 1.807) is 6.07 Å². The first-order valence-electron chi connectivity index (χ1n) is 10.6. The Hall–Kier alpha value is -4.10. The van der Waals surface area contributed by atoms with Crippen molar-refractivity contribution in [2.75, 3.05) is 12.3 Å². The second-order valence-corrected chi connectivity index (χ2v) is 8.86.